The minimum absolute atomic E-state index is 0.0653. The van der Waals surface area contributed by atoms with Crippen molar-refractivity contribution < 1.29 is 28.9 Å². The number of allylic oxidation sites excluding steroid dienone is 1. The van der Waals surface area contributed by atoms with E-state index in [0.717, 1.165) is 5.56 Å². The highest BCUT2D eigenvalue weighted by molar-refractivity contribution is 6.08. The molecule has 1 aliphatic rings. The van der Waals surface area contributed by atoms with Gasteiger partial charge in [-0.1, -0.05) is 18.2 Å². The Kier molecular flexibility index (Phi) is 6.39. The molecule has 0 aliphatic carbocycles. The first kappa shape index (κ1) is 22.7. The fourth-order valence-electron chi connectivity index (χ4n) is 3.73. The van der Waals surface area contributed by atoms with Crippen LogP contribution in [0.1, 0.15) is 28.9 Å². The molecule has 2 heterocycles. The van der Waals surface area contributed by atoms with Gasteiger partial charge in [0, 0.05) is 17.3 Å². The van der Waals surface area contributed by atoms with Crippen molar-refractivity contribution in [2.75, 3.05) is 31.5 Å². The van der Waals surface area contributed by atoms with Crippen LogP contribution in [-0.2, 0) is 4.79 Å². The summed E-state index contributed by atoms with van der Waals surface area (Å²) in [5, 5.41) is 19.7. The van der Waals surface area contributed by atoms with Crippen molar-refractivity contribution in [3.8, 4) is 17.2 Å². The van der Waals surface area contributed by atoms with E-state index in [4.69, 9.17) is 14.2 Å². The summed E-state index contributed by atoms with van der Waals surface area (Å²) in [5.41, 5.74) is 1.32. The number of aliphatic carboxylic acids is 1. The molecule has 3 N–H and O–H groups in total. The number of fused-ring (bicyclic) bond motifs is 1. The Bertz CT molecular complexity index is 1270. The molecule has 1 aromatic heterocycles. The molecule has 34 heavy (non-hydrogen) atoms. The van der Waals surface area contributed by atoms with Crippen molar-refractivity contribution in [1.29, 1.82) is 0 Å². The van der Waals surface area contributed by atoms with E-state index in [2.05, 4.69) is 15.7 Å². The number of ether oxygens (including phenoxy) is 3. The van der Waals surface area contributed by atoms with Gasteiger partial charge in [-0.25, -0.2) is 9.48 Å². The van der Waals surface area contributed by atoms with Crippen molar-refractivity contribution in [1.82, 2.24) is 9.78 Å². The molecule has 0 bridgehead atoms. The van der Waals surface area contributed by atoms with Crippen LogP contribution in [-0.4, -0.2) is 47.6 Å². The van der Waals surface area contributed by atoms with Crippen molar-refractivity contribution in [3.63, 3.8) is 0 Å². The zero-order valence-electron chi connectivity index (χ0n) is 18.9. The molecule has 0 saturated heterocycles. The Balaban J connectivity index is 1.71. The number of carbonyl (C=O) groups is 2. The Morgan fingerprint density at radius 2 is 1.88 bits per heavy atom. The van der Waals surface area contributed by atoms with Crippen LogP contribution in [0, 0.1) is 0 Å². The Morgan fingerprint density at radius 3 is 2.59 bits per heavy atom. The molecule has 0 radical (unpaired) electrons. The summed E-state index contributed by atoms with van der Waals surface area (Å²) in [6, 6.07) is 11.7. The van der Waals surface area contributed by atoms with Gasteiger partial charge >= 0.3 is 5.97 Å². The van der Waals surface area contributed by atoms with Gasteiger partial charge in [-0.15, -0.1) is 0 Å². The molecule has 0 spiro atoms. The third-order valence-electron chi connectivity index (χ3n) is 5.29. The number of amides is 1. The number of methoxy groups -OCH3 is 2. The van der Waals surface area contributed by atoms with Gasteiger partial charge in [-0.05, 0) is 31.2 Å². The fourth-order valence-corrected chi connectivity index (χ4v) is 3.73. The number of carboxylic acid groups (broad SMARTS) is 1. The molecular weight excluding hydrogens is 440 g/mol. The fraction of sp³-hybridized carbons (Fsp3) is 0.208. The number of hydrogen-bond acceptors (Lipinski definition) is 7. The first-order valence-corrected chi connectivity index (χ1v) is 10.5. The number of rotatable bonds is 8. The maximum Gasteiger partial charge on any atom is 0.352 e. The van der Waals surface area contributed by atoms with Crippen LogP contribution in [0.3, 0.4) is 0 Å². The lowest BCUT2D eigenvalue weighted by Crippen LogP contribution is -2.26. The van der Waals surface area contributed by atoms with E-state index in [-0.39, 0.29) is 17.1 Å². The first-order valence-electron chi connectivity index (χ1n) is 10.5. The van der Waals surface area contributed by atoms with E-state index in [1.165, 1.54) is 26.5 Å². The molecule has 2 aromatic carbocycles. The topological polar surface area (TPSA) is 124 Å². The summed E-state index contributed by atoms with van der Waals surface area (Å²) in [7, 11) is 3.02. The molecule has 4 rings (SSSR count). The van der Waals surface area contributed by atoms with E-state index in [0.29, 0.717) is 29.5 Å². The highest BCUT2D eigenvalue weighted by Crippen LogP contribution is 2.36. The third-order valence-corrected chi connectivity index (χ3v) is 5.29. The monoisotopic (exact) mass is 464 g/mol. The van der Waals surface area contributed by atoms with Gasteiger partial charge in [0.15, 0.2) is 11.5 Å². The standard InChI is InChI=1S/C24H24N4O6/c1-4-34-19-8-6-5-7-15(19)18-12-17(24(30)31)27-22-16(13-25-28(18)22)23(29)26-14-9-10-20(32-2)21(11-14)33-3/h5-13,18,27H,4H2,1-3H3,(H,26,29)(H,30,31)/t18-/m1/s1. The Morgan fingerprint density at radius 1 is 1.12 bits per heavy atom. The molecular formula is C24H24N4O6. The third kappa shape index (κ3) is 4.25. The highest BCUT2D eigenvalue weighted by Gasteiger charge is 2.31. The number of para-hydroxylation sites is 1. The van der Waals surface area contributed by atoms with Gasteiger partial charge in [-0.3, -0.25) is 4.79 Å². The van der Waals surface area contributed by atoms with Crippen molar-refractivity contribution in [2.45, 2.75) is 13.0 Å². The number of nitrogens with one attached hydrogen (secondary N) is 2. The lowest BCUT2D eigenvalue weighted by atomic mass is 10.0. The zero-order chi connectivity index (χ0) is 24.2. The Labute approximate surface area is 195 Å². The molecule has 10 heteroatoms. The lowest BCUT2D eigenvalue weighted by Gasteiger charge is -2.25. The van der Waals surface area contributed by atoms with Gasteiger partial charge < -0.3 is 30.0 Å². The first-order chi connectivity index (χ1) is 16.5. The second-order valence-corrected chi connectivity index (χ2v) is 7.30. The predicted octanol–water partition coefficient (Wildman–Crippen LogP) is 3.53. The average Bonchev–Trinajstić information content (AvgIpc) is 3.28. The Hall–Kier alpha value is -4.47. The molecule has 0 saturated carbocycles. The summed E-state index contributed by atoms with van der Waals surface area (Å²) in [6.07, 6.45) is 2.93. The predicted molar refractivity (Wildman–Crippen MR) is 125 cm³/mol. The van der Waals surface area contributed by atoms with Crippen molar-refractivity contribution >= 4 is 23.4 Å². The molecule has 1 aliphatic heterocycles. The van der Waals surface area contributed by atoms with Crippen LogP contribution in [0.5, 0.6) is 17.2 Å². The second kappa shape index (κ2) is 9.57. The largest absolute Gasteiger partial charge is 0.494 e. The van der Waals surface area contributed by atoms with E-state index >= 15 is 0 Å². The van der Waals surface area contributed by atoms with Crippen LogP contribution in [0.4, 0.5) is 11.5 Å². The van der Waals surface area contributed by atoms with Crippen molar-refractivity contribution in [3.05, 3.63) is 71.6 Å². The van der Waals surface area contributed by atoms with E-state index in [9.17, 15) is 14.7 Å². The number of carboxylic acids is 1. The maximum atomic E-state index is 13.1. The summed E-state index contributed by atoms with van der Waals surface area (Å²) in [6.45, 7) is 2.32. The number of aromatic nitrogens is 2. The number of carbonyl (C=O) groups excluding carboxylic acids is 1. The number of anilines is 2. The van der Waals surface area contributed by atoms with Gasteiger partial charge in [-0.2, -0.15) is 5.10 Å². The number of benzene rings is 2. The maximum absolute atomic E-state index is 13.1. The average molecular weight is 464 g/mol. The van der Waals surface area contributed by atoms with Crippen LogP contribution in [0.25, 0.3) is 0 Å². The highest BCUT2D eigenvalue weighted by atomic mass is 16.5. The zero-order valence-corrected chi connectivity index (χ0v) is 18.9. The lowest BCUT2D eigenvalue weighted by molar-refractivity contribution is -0.132. The van der Waals surface area contributed by atoms with E-state index in [1.54, 1.807) is 22.9 Å². The molecule has 10 nitrogen and oxygen atoms in total. The molecule has 0 unspecified atom stereocenters. The van der Waals surface area contributed by atoms with Gasteiger partial charge in [0.2, 0.25) is 0 Å². The van der Waals surface area contributed by atoms with Gasteiger partial charge in [0.1, 0.15) is 28.9 Å². The van der Waals surface area contributed by atoms with E-state index in [1.807, 2.05) is 31.2 Å². The van der Waals surface area contributed by atoms with Crippen LogP contribution < -0.4 is 24.8 Å². The molecule has 176 valence electrons. The van der Waals surface area contributed by atoms with E-state index < -0.39 is 17.9 Å². The molecule has 0 fully saturated rings. The summed E-state index contributed by atoms with van der Waals surface area (Å²) < 4.78 is 17.8. The van der Waals surface area contributed by atoms with Crippen LogP contribution >= 0.6 is 0 Å². The molecule has 3 aromatic rings. The number of hydrogen-bond donors (Lipinski definition) is 3. The van der Waals surface area contributed by atoms with Gasteiger partial charge in [0.05, 0.1) is 27.0 Å². The summed E-state index contributed by atoms with van der Waals surface area (Å²) in [4.78, 5) is 25.0. The van der Waals surface area contributed by atoms with Crippen molar-refractivity contribution in [2.24, 2.45) is 0 Å². The van der Waals surface area contributed by atoms with Gasteiger partial charge in [0.25, 0.3) is 5.91 Å². The summed E-state index contributed by atoms with van der Waals surface area (Å²) in [5.74, 6) is 0.225. The quantitative estimate of drug-likeness (QED) is 0.463. The summed E-state index contributed by atoms with van der Waals surface area (Å²) >= 11 is 0. The van der Waals surface area contributed by atoms with Crippen LogP contribution in [0.2, 0.25) is 0 Å². The normalized spacial score (nSPS) is 14.3. The molecule has 1 atom stereocenters. The second-order valence-electron chi connectivity index (χ2n) is 7.30. The molecule has 1 amide bonds. The minimum Gasteiger partial charge on any atom is -0.494 e. The van der Waals surface area contributed by atoms with Crippen LogP contribution in [0.15, 0.2) is 60.4 Å². The smallest absolute Gasteiger partial charge is 0.352 e. The minimum atomic E-state index is -1.16. The number of nitrogens with zero attached hydrogens (tertiary/aromatic N) is 2. The SMILES string of the molecule is CCOc1ccccc1[C@H]1C=C(C(=O)O)Nc2c(C(=O)Nc3ccc(OC)c(OC)c3)cnn21.